The highest BCUT2D eigenvalue weighted by molar-refractivity contribution is 9.10. The second-order valence-electron chi connectivity index (χ2n) is 5.43. The standard InChI is InChI=1S/C15H12BrClN6O/c1-21-13-4-9(16)6-18-11(13)2-3-23(21)15(24)12-5-14-19-7-10(17)8-22(14)20-12/h4-8H,2-3H2,1H3. The summed E-state index contributed by atoms with van der Waals surface area (Å²) in [6.45, 7) is 0.541. The van der Waals surface area contributed by atoms with Crippen molar-refractivity contribution in [2.75, 3.05) is 18.6 Å². The van der Waals surface area contributed by atoms with E-state index in [2.05, 4.69) is 31.0 Å². The van der Waals surface area contributed by atoms with Gasteiger partial charge >= 0.3 is 0 Å². The molecule has 0 saturated heterocycles. The SMILES string of the molecule is CN1c2cc(Br)cnc2CCN1C(=O)c1cc2ncc(Cl)cn2n1. The number of rotatable bonds is 1. The van der Waals surface area contributed by atoms with Gasteiger partial charge in [-0.25, -0.2) is 14.5 Å². The Labute approximate surface area is 151 Å². The summed E-state index contributed by atoms with van der Waals surface area (Å²) in [5, 5.41) is 8.21. The molecule has 0 bridgehead atoms. The fraction of sp³-hybridized carbons (Fsp3) is 0.200. The Morgan fingerprint density at radius 2 is 2.12 bits per heavy atom. The van der Waals surface area contributed by atoms with E-state index in [1.165, 1.54) is 10.7 Å². The van der Waals surface area contributed by atoms with Crippen molar-refractivity contribution in [2.45, 2.75) is 6.42 Å². The number of carbonyl (C=O) groups is 1. The van der Waals surface area contributed by atoms with Crippen molar-refractivity contribution in [1.29, 1.82) is 0 Å². The molecule has 1 amide bonds. The third-order valence-corrected chi connectivity index (χ3v) is 4.55. The fourth-order valence-corrected chi connectivity index (χ4v) is 3.21. The zero-order chi connectivity index (χ0) is 16.8. The van der Waals surface area contributed by atoms with Crippen LogP contribution in [0.3, 0.4) is 0 Å². The van der Waals surface area contributed by atoms with Gasteiger partial charge in [-0.05, 0) is 22.0 Å². The molecule has 4 heterocycles. The number of halogens is 2. The molecule has 0 aliphatic carbocycles. The first-order valence-electron chi connectivity index (χ1n) is 7.24. The van der Waals surface area contributed by atoms with E-state index in [1.807, 2.05) is 18.1 Å². The molecule has 3 aromatic rings. The molecule has 7 nitrogen and oxygen atoms in total. The van der Waals surface area contributed by atoms with Gasteiger partial charge in [0, 0.05) is 42.9 Å². The van der Waals surface area contributed by atoms with E-state index in [0.29, 0.717) is 29.3 Å². The first kappa shape index (κ1) is 15.3. The topological polar surface area (TPSA) is 66.6 Å². The van der Waals surface area contributed by atoms with Gasteiger partial charge < -0.3 is 0 Å². The number of pyridine rings is 1. The van der Waals surface area contributed by atoms with E-state index < -0.39 is 0 Å². The molecule has 4 rings (SSSR count). The molecule has 0 saturated carbocycles. The summed E-state index contributed by atoms with van der Waals surface area (Å²) in [5.41, 5.74) is 2.76. The number of hydrazine groups is 1. The van der Waals surface area contributed by atoms with Crippen LogP contribution in [0.2, 0.25) is 5.02 Å². The van der Waals surface area contributed by atoms with E-state index in [9.17, 15) is 4.79 Å². The molecule has 0 N–H and O–H groups in total. The molecular formula is C15H12BrClN6O. The Bertz CT molecular complexity index is 958. The molecule has 0 radical (unpaired) electrons. The first-order chi connectivity index (χ1) is 11.5. The lowest BCUT2D eigenvalue weighted by Crippen LogP contribution is -2.48. The van der Waals surface area contributed by atoms with E-state index in [-0.39, 0.29) is 5.91 Å². The lowest BCUT2D eigenvalue weighted by Gasteiger charge is -2.37. The van der Waals surface area contributed by atoms with Crippen LogP contribution >= 0.6 is 27.5 Å². The summed E-state index contributed by atoms with van der Waals surface area (Å²) in [4.78, 5) is 21.4. The molecule has 0 fully saturated rings. The van der Waals surface area contributed by atoms with Crippen molar-refractivity contribution >= 4 is 44.8 Å². The van der Waals surface area contributed by atoms with Crippen LogP contribution in [0.25, 0.3) is 5.65 Å². The van der Waals surface area contributed by atoms with Gasteiger partial charge in [-0.3, -0.25) is 14.8 Å². The van der Waals surface area contributed by atoms with Crippen LogP contribution in [-0.4, -0.2) is 44.1 Å². The number of carbonyl (C=O) groups excluding carboxylic acids is 1. The fourth-order valence-electron chi connectivity index (χ4n) is 2.75. The summed E-state index contributed by atoms with van der Waals surface area (Å²) in [7, 11) is 1.84. The molecule has 1 aliphatic heterocycles. The maximum Gasteiger partial charge on any atom is 0.292 e. The summed E-state index contributed by atoms with van der Waals surface area (Å²) in [6, 6.07) is 3.61. The van der Waals surface area contributed by atoms with Crippen molar-refractivity contribution in [1.82, 2.24) is 24.6 Å². The summed E-state index contributed by atoms with van der Waals surface area (Å²) in [5.74, 6) is -0.190. The number of aromatic nitrogens is 4. The van der Waals surface area contributed by atoms with Gasteiger partial charge in [0.15, 0.2) is 11.3 Å². The van der Waals surface area contributed by atoms with Gasteiger partial charge in [0.1, 0.15) is 0 Å². The molecule has 1 aliphatic rings. The highest BCUT2D eigenvalue weighted by Gasteiger charge is 2.29. The predicted molar refractivity (Wildman–Crippen MR) is 93.1 cm³/mol. The summed E-state index contributed by atoms with van der Waals surface area (Å²) >= 11 is 9.33. The lowest BCUT2D eigenvalue weighted by atomic mass is 10.2. The van der Waals surface area contributed by atoms with Gasteiger partial charge in [0.05, 0.1) is 22.6 Å². The average Bonchev–Trinajstić information content (AvgIpc) is 2.98. The van der Waals surface area contributed by atoms with Crippen LogP contribution in [0.15, 0.2) is 35.2 Å². The maximum atomic E-state index is 12.9. The van der Waals surface area contributed by atoms with Crippen LogP contribution in [0.1, 0.15) is 16.2 Å². The van der Waals surface area contributed by atoms with Gasteiger partial charge in [-0.2, -0.15) is 5.10 Å². The number of amides is 1. The molecule has 0 unspecified atom stereocenters. The van der Waals surface area contributed by atoms with Crippen LogP contribution in [0.4, 0.5) is 5.69 Å². The Kier molecular flexibility index (Phi) is 3.65. The second kappa shape index (κ2) is 5.71. The van der Waals surface area contributed by atoms with Crippen LogP contribution in [-0.2, 0) is 6.42 Å². The minimum atomic E-state index is -0.190. The molecule has 0 spiro atoms. The smallest absolute Gasteiger partial charge is 0.284 e. The number of hydrogen-bond donors (Lipinski definition) is 0. The van der Waals surface area contributed by atoms with E-state index in [4.69, 9.17) is 11.6 Å². The number of fused-ring (bicyclic) bond motifs is 2. The Hall–Kier alpha value is -2.19. The minimum absolute atomic E-state index is 0.190. The number of anilines is 1. The highest BCUT2D eigenvalue weighted by Crippen LogP contribution is 2.28. The van der Waals surface area contributed by atoms with Gasteiger partial charge in [0.2, 0.25) is 0 Å². The van der Waals surface area contributed by atoms with Crippen LogP contribution < -0.4 is 5.01 Å². The van der Waals surface area contributed by atoms with E-state index in [1.54, 1.807) is 23.5 Å². The quantitative estimate of drug-likeness (QED) is 0.620. The van der Waals surface area contributed by atoms with Crippen molar-refractivity contribution < 1.29 is 4.79 Å². The Balaban J connectivity index is 1.68. The lowest BCUT2D eigenvalue weighted by molar-refractivity contribution is 0.0731. The van der Waals surface area contributed by atoms with E-state index in [0.717, 1.165) is 15.9 Å². The van der Waals surface area contributed by atoms with Crippen molar-refractivity contribution in [3.05, 3.63) is 51.6 Å². The maximum absolute atomic E-state index is 12.9. The number of nitrogens with zero attached hydrogens (tertiary/aromatic N) is 6. The molecule has 0 atom stereocenters. The molecule has 24 heavy (non-hydrogen) atoms. The van der Waals surface area contributed by atoms with E-state index >= 15 is 0 Å². The normalized spacial score (nSPS) is 14.1. The van der Waals surface area contributed by atoms with Crippen molar-refractivity contribution in [3.8, 4) is 0 Å². The predicted octanol–water partition coefficient (Wildman–Crippen LogP) is 2.59. The van der Waals surface area contributed by atoms with Crippen molar-refractivity contribution in [2.24, 2.45) is 0 Å². The first-order valence-corrected chi connectivity index (χ1v) is 8.41. The minimum Gasteiger partial charge on any atom is -0.284 e. The Morgan fingerprint density at radius 3 is 2.96 bits per heavy atom. The molecule has 3 aromatic heterocycles. The zero-order valence-electron chi connectivity index (χ0n) is 12.6. The summed E-state index contributed by atoms with van der Waals surface area (Å²) < 4.78 is 2.37. The third-order valence-electron chi connectivity index (χ3n) is 3.92. The molecule has 122 valence electrons. The van der Waals surface area contributed by atoms with Gasteiger partial charge in [0.25, 0.3) is 5.91 Å². The van der Waals surface area contributed by atoms with Crippen LogP contribution in [0, 0.1) is 0 Å². The molecule has 9 heteroatoms. The highest BCUT2D eigenvalue weighted by atomic mass is 79.9. The monoisotopic (exact) mass is 406 g/mol. The zero-order valence-corrected chi connectivity index (χ0v) is 15.0. The number of hydrogen-bond acceptors (Lipinski definition) is 5. The van der Waals surface area contributed by atoms with Gasteiger partial charge in [-0.1, -0.05) is 11.6 Å². The van der Waals surface area contributed by atoms with Gasteiger partial charge in [-0.15, -0.1) is 0 Å². The van der Waals surface area contributed by atoms with Crippen molar-refractivity contribution in [3.63, 3.8) is 0 Å². The Morgan fingerprint density at radius 1 is 1.29 bits per heavy atom. The van der Waals surface area contributed by atoms with Crippen LogP contribution in [0.5, 0.6) is 0 Å². The molecule has 0 aromatic carbocycles. The third kappa shape index (κ3) is 2.51. The largest absolute Gasteiger partial charge is 0.292 e. The molecular weight excluding hydrogens is 396 g/mol. The summed E-state index contributed by atoms with van der Waals surface area (Å²) in [6.07, 6.45) is 5.61. The second-order valence-corrected chi connectivity index (χ2v) is 6.78. The average molecular weight is 408 g/mol.